The highest BCUT2D eigenvalue weighted by atomic mass is 32.1. The maximum Gasteiger partial charge on any atom is 0.315 e. The molecule has 108 valence electrons. The van der Waals surface area contributed by atoms with E-state index in [0.29, 0.717) is 10.4 Å². The predicted molar refractivity (Wildman–Crippen MR) is 80.7 cm³/mol. The lowest BCUT2D eigenvalue weighted by Crippen LogP contribution is -2.12. The molecule has 0 bridgehead atoms. The van der Waals surface area contributed by atoms with E-state index in [-0.39, 0.29) is 11.7 Å². The van der Waals surface area contributed by atoms with Crippen molar-refractivity contribution in [2.75, 3.05) is 7.11 Å². The highest BCUT2D eigenvalue weighted by Crippen LogP contribution is 2.29. The van der Waals surface area contributed by atoms with Crippen molar-refractivity contribution in [3.05, 3.63) is 45.9 Å². The first kappa shape index (κ1) is 13.6. The number of fused-ring (bicyclic) bond motifs is 1. The van der Waals surface area contributed by atoms with Crippen LogP contribution in [0.5, 0.6) is 5.75 Å². The van der Waals surface area contributed by atoms with Crippen LogP contribution in [0.1, 0.15) is 16.1 Å². The Morgan fingerprint density at radius 1 is 1.43 bits per heavy atom. The first-order valence-electron chi connectivity index (χ1n) is 6.36. The highest BCUT2D eigenvalue weighted by Gasteiger charge is 2.17. The van der Waals surface area contributed by atoms with Gasteiger partial charge in [-0.1, -0.05) is 0 Å². The van der Waals surface area contributed by atoms with Gasteiger partial charge in [0, 0.05) is 29.6 Å². The molecule has 0 fully saturated rings. The van der Waals surface area contributed by atoms with Gasteiger partial charge in [0.15, 0.2) is 10.6 Å². The van der Waals surface area contributed by atoms with Crippen LogP contribution in [0.3, 0.4) is 0 Å². The number of amides is 1. The number of methoxy groups -OCH3 is 1. The minimum Gasteiger partial charge on any atom is -0.497 e. The van der Waals surface area contributed by atoms with Gasteiger partial charge in [-0.3, -0.25) is 4.79 Å². The van der Waals surface area contributed by atoms with Gasteiger partial charge in [-0.05, 0) is 25.1 Å². The van der Waals surface area contributed by atoms with E-state index in [1.807, 2.05) is 31.6 Å². The summed E-state index contributed by atoms with van der Waals surface area (Å²) >= 11 is 1.41. The van der Waals surface area contributed by atoms with Crippen molar-refractivity contribution in [1.82, 2.24) is 4.57 Å². The summed E-state index contributed by atoms with van der Waals surface area (Å²) in [5.41, 5.74) is 1.43. The molecule has 0 spiro atoms. The van der Waals surface area contributed by atoms with Gasteiger partial charge in [-0.25, -0.2) is 0 Å². The first-order valence-corrected chi connectivity index (χ1v) is 7.24. The van der Waals surface area contributed by atoms with E-state index in [9.17, 15) is 4.79 Å². The van der Waals surface area contributed by atoms with Crippen LogP contribution in [0, 0.1) is 6.92 Å². The monoisotopic (exact) mass is 302 g/mol. The molecule has 3 rings (SSSR count). The van der Waals surface area contributed by atoms with E-state index < -0.39 is 0 Å². The number of carbonyl (C=O) groups excluding carboxylic acids is 1. The van der Waals surface area contributed by atoms with Gasteiger partial charge in [0.25, 0.3) is 0 Å². The average Bonchev–Trinajstić information content (AvgIpc) is 3.03. The fourth-order valence-corrected chi connectivity index (χ4v) is 2.83. The van der Waals surface area contributed by atoms with Crippen molar-refractivity contribution >= 4 is 28.2 Å². The number of carbonyl (C=O) groups is 1. The summed E-state index contributed by atoms with van der Waals surface area (Å²) in [4.78, 5) is 17.1. The predicted octanol–water partition coefficient (Wildman–Crippen LogP) is 2.89. The normalized spacial score (nSPS) is 12.0. The number of rotatable bonds is 2. The first-order chi connectivity index (χ1) is 10.1. The third-order valence-corrected chi connectivity index (χ3v) is 4.14. The molecule has 2 heterocycles. The molecule has 6 heteroatoms. The van der Waals surface area contributed by atoms with Gasteiger partial charge in [-0.2, -0.15) is 4.99 Å². The van der Waals surface area contributed by atoms with E-state index >= 15 is 0 Å². The smallest absolute Gasteiger partial charge is 0.315 e. The van der Waals surface area contributed by atoms with Crippen LogP contribution in [0.15, 0.2) is 39.2 Å². The molecule has 5 nitrogen and oxygen atoms in total. The molecule has 0 saturated carbocycles. The van der Waals surface area contributed by atoms with Gasteiger partial charge in [0.1, 0.15) is 11.3 Å². The molecule has 0 unspecified atom stereocenters. The largest absolute Gasteiger partial charge is 0.497 e. The van der Waals surface area contributed by atoms with Crippen LogP contribution in [-0.4, -0.2) is 17.6 Å². The number of thiazole rings is 1. The molecule has 0 saturated heterocycles. The van der Waals surface area contributed by atoms with Gasteiger partial charge < -0.3 is 13.7 Å². The SMILES string of the molecule is COc1ccc2oc(C(=O)N=c3sccn3C)c(C)c2c1. The zero-order valence-corrected chi connectivity index (χ0v) is 12.7. The molecule has 3 aromatic rings. The van der Waals surface area contributed by atoms with Crippen molar-refractivity contribution in [3.8, 4) is 5.75 Å². The molecule has 0 aliphatic heterocycles. The number of furan rings is 1. The Morgan fingerprint density at radius 3 is 2.90 bits per heavy atom. The van der Waals surface area contributed by atoms with Crippen LogP contribution in [-0.2, 0) is 7.05 Å². The molecule has 1 amide bonds. The van der Waals surface area contributed by atoms with Crippen molar-refractivity contribution in [2.24, 2.45) is 12.0 Å². The second kappa shape index (κ2) is 5.21. The van der Waals surface area contributed by atoms with Crippen molar-refractivity contribution in [1.29, 1.82) is 0 Å². The topological polar surface area (TPSA) is 56.7 Å². The molecular formula is C15H14N2O3S. The van der Waals surface area contributed by atoms with E-state index in [4.69, 9.17) is 9.15 Å². The highest BCUT2D eigenvalue weighted by molar-refractivity contribution is 7.07. The van der Waals surface area contributed by atoms with Crippen molar-refractivity contribution in [2.45, 2.75) is 6.92 Å². The number of hydrogen-bond donors (Lipinski definition) is 0. The van der Waals surface area contributed by atoms with E-state index in [2.05, 4.69) is 4.99 Å². The maximum absolute atomic E-state index is 12.3. The number of aryl methyl sites for hydroxylation is 2. The van der Waals surface area contributed by atoms with Crippen LogP contribution >= 0.6 is 11.3 Å². The standard InChI is InChI=1S/C15H14N2O3S/c1-9-11-8-10(19-3)4-5-12(11)20-13(9)14(18)16-15-17(2)6-7-21-15/h4-8H,1-3H3. The number of aromatic nitrogens is 1. The van der Waals surface area contributed by atoms with Crippen LogP contribution in [0.25, 0.3) is 11.0 Å². The fraction of sp³-hybridized carbons (Fsp3) is 0.200. The molecule has 0 N–H and O–H groups in total. The van der Waals surface area contributed by atoms with Crippen molar-refractivity contribution in [3.63, 3.8) is 0 Å². The second-order valence-electron chi connectivity index (χ2n) is 4.63. The Bertz CT molecular complexity index is 886. The number of ether oxygens (including phenoxy) is 1. The summed E-state index contributed by atoms with van der Waals surface area (Å²) in [6.07, 6.45) is 1.85. The van der Waals surface area contributed by atoms with Crippen LogP contribution < -0.4 is 9.54 Å². The van der Waals surface area contributed by atoms with Gasteiger partial charge in [0.05, 0.1) is 7.11 Å². The average molecular weight is 302 g/mol. The Hall–Kier alpha value is -2.34. The van der Waals surface area contributed by atoms with E-state index in [1.165, 1.54) is 11.3 Å². The molecule has 0 atom stereocenters. The summed E-state index contributed by atoms with van der Waals surface area (Å²) in [7, 11) is 3.45. The summed E-state index contributed by atoms with van der Waals surface area (Å²) in [5, 5.41) is 2.74. The molecule has 1 aromatic carbocycles. The lowest BCUT2D eigenvalue weighted by Gasteiger charge is -1.97. The van der Waals surface area contributed by atoms with Crippen molar-refractivity contribution < 1.29 is 13.9 Å². The maximum atomic E-state index is 12.3. The molecule has 0 radical (unpaired) electrons. The zero-order valence-electron chi connectivity index (χ0n) is 11.9. The van der Waals surface area contributed by atoms with E-state index in [0.717, 1.165) is 16.7 Å². The molecule has 21 heavy (non-hydrogen) atoms. The van der Waals surface area contributed by atoms with Crippen LogP contribution in [0.4, 0.5) is 0 Å². The Kier molecular flexibility index (Phi) is 3.39. The summed E-state index contributed by atoms with van der Waals surface area (Å²) in [6.45, 7) is 1.85. The molecule has 0 aliphatic rings. The second-order valence-corrected chi connectivity index (χ2v) is 5.50. The molecule has 0 aliphatic carbocycles. The van der Waals surface area contributed by atoms with E-state index in [1.54, 1.807) is 23.8 Å². The minimum absolute atomic E-state index is 0.270. The van der Waals surface area contributed by atoms with Gasteiger partial charge in [-0.15, -0.1) is 11.3 Å². The fourth-order valence-electron chi connectivity index (χ4n) is 2.10. The number of hydrogen-bond acceptors (Lipinski definition) is 4. The Labute approximate surface area is 125 Å². The van der Waals surface area contributed by atoms with Gasteiger partial charge in [0.2, 0.25) is 0 Å². The lowest BCUT2D eigenvalue weighted by atomic mass is 10.1. The molecular weight excluding hydrogens is 288 g/mol. The van der Waals surface area contributed by atoms with Gasteiger partial charge >= 0.3 is 5.91 Å². The summed E-state index contributed by atoms with van der Waals surface area (Å²) in [5.74, 6) is 0.624. The zero-order chi connectivity index (χ0) is 15.0. The number of nitrogens with zero attached hydrogens (tertiary/aromatic N) is 2. The third kappa shape index (κ3) is 2.38. The lowest BCUT2D eigenvalue weighted by molar-refractivity contribution is 0.0972. The van der Waals surface area contributed by atoms with Crippen LogP contribution in [0.2, 0.25) is 0 Å². The Morgan fingerprint density at radius 2 is 2.24 bits per heavy atom. The number of benzene rings is 1. The third-order valence-electron chi connectivity index (χ3n) is 3.29. The summed E-state index contributed by atoms with van der Waals surface area (Å²) < 4.78 is 12.6. The minimum atomic E-state index is -0.374. The quantitative estimate of drug-likeness (QED) is 0.731. The summed E-state index contributed by atoms with van der Waals surface area (Å²) in [6, 6.07) is 5.45. The molecule has 2 aromatic heterocycles. The Balaban J connectivity index is 2.11.